The molecule has 0 heterocycles. The minimum Gasteiger partial charge on any atom is -0.328 e. The van der Waals surface area contributed by atoms with Crippen molar-refractivity contribution >= 4 is 6.21 Å². The molecule has 1 aromatic carbocycles. The second kappa shape index (κ2) is 5.60. The molecule has 1 aromatic rings. The summed E-state index contributed by atoms with van der Waals surface area (Å²) in [5, 5.41) is 0. The fourth-order valence-corrected chi connectivity index (χ4v) is 2.99. The van der Waals surface area contributed by atoms with E-state index in [1.54, 1.807) is 6.07 Å². The Balaban J connectivity index is 1.55. The summed E-state index contributed by atoms with van der Waals surface area (Å²) in [6.07, 6.45) is 7.26. The van der Waals surface area contributed by atoms with Crippen LogP contribution in [0.3, 0.4) is 0 Å². The molecule has 2 fully saturated rings. The summed E-state index contributed by atoms with van der Waals surface area (Å²) in [6.45, 7) is 0. The van der Waals surface area contributed by atoms with Crippen LogP contribution in [0, 0.1) is 17.6 Å². The Bertz CT molecular complexity index is 507. The third kappa shape index (κ3) is 3.06. The molecular formula is C16H20F2N2. The average Bonchev–Trinajstić information content (AvgIpc) is 3.21. The first-order valence-electron chi connectivity index (χ1n) is 7.37. The highest BCUT2D eigenvalue weighted by molar-refractivity contribution is 5.67. The van der Waals surface area contributed by atoms with Gasteiger partial charge in [0, 0.05) is 24.2 Å². The fourth-order valence-electron chi connectivity index (χ4n) is 2.99. The monoisotopic (exact) mass is 278 g/mol. The maximum absolute atomic E-state index is 13.2. The Morgan fingerprint density at radius 3 is 2.55 bits per heavy atom. The lowest BCUT2D eigenvalue weighted by Gasteiger charge is -2.22. The lowest BCUT2D eigenvalue weighted by molar-refractivity contribution is 0.396. The predicted octanol–water partition coefficient (Wildman–Crippen LogP) is 3.41. The lowest BCUT2D eigenvalue weighted by Crippen LogP contribution is -2.28. The molecule has 2 aliphatic rings. The van der Waals surface area contributed by atoms with Gasteiger partial charge in [-0.1, -0.05) is 6.07 Å². The molecule has 0 radical (unpaired) electrons. The van der Waals surface area contributed by atoms with Crippen molar-refractivity contribution in [3.8, 4) is 0 Å². The number of nitrogens with zero attached hydrogens (tertiary/aromatic N) is 1. The summed E-state index contributed by atoms with van der Waals surface area (Å²) in [4.78, 5) is 4.65. The van der Waals surface area contributed by atoms with E-state index >= 15 is 0 Å². The third-order valence-electron chi connectivity index (χ3n) is 4.44. The van der Waals surface area contributed by atoms with Gasteiger partial charge in [0.25, 0.3) is 0 Å². The number of aliphatic imine (C=N–C) groups is 1. The highest BCUT2D eigenvalue weighted by Crippen LogP contribution is 2.46. The van der Waals surface area contributed by atoms with Crippen molar-refractivity contribution in [3.63, 3.8) is 0 Å². The standard InChI is InChI=1S/C16H20F2N2/c17-15-6-1-10(8-16(15)18)14-7-11(14)9-20-13-4-2-12(19)3-5-13/h1,6,8-9,11-14H,2-5,7,19H2/b20-9+/t11?,12-,13-,14-/m1/s1. The summed E-state index contributed by atoms with van der Waals surface area (Å²) in [7, 11) is 0. The van der Waals surface area contributed by atoms with Crippen LogP contribution in [0.5, 0.6) is 0 Å². The van der Waals surface area contributed by atoms with Gasteiger partial charge in [0.2, 0.25) is 0 Å². The van der Waals surface area contributed by atoms with Gasteiger partial charge in [-0.25, -0.2) is 8.78 Å². The van der Waals surface area contributed by atoms with Crippen molar-refractivity contribution < 1.29 is 8.78 Å². The van der Waals surface area contributed by atoms with E-state index in [0.29, 0.717) is 23.9 Å². The second-order valence-electron chi connectivity index (χ2n) is 6.05. The Morgan fingerprint density at radius 2 is 1.85 bits per heavy atom. The van der Waals surface area contributed by atoms with Gasteiger partial charge < -0.3 is 5.73 Å². The minimum atomic E-state index is -0.779. The zero-order valence-corrected chi connectivity index (χ0v) is 11.4. The molecule has 0 bridgehead atoms. The van der Waals surface area contributed by atoms with Crippen molar-refractivity contribution in [2.45, 2.75) is 50.1 Å². The molecule has 20 heavy (non-hydrogen) atoms. The van der Waals surface area contributed by atoms with Gasteiger partial charge in [-0.3, -0.25) is 4.99 Å². The Morgan fingerprint density at radius 1 is 1.10 bits per heavy atom. The SMILES string of the molecule is N[C@H]1CC[C@H](/N=C/C2C[C@@H]2c2ccc(F)c(F)c2)CC1. The van der Waals surface area contributed by atoms with Crippen LogP contribution in [-0.4, -0.2) is 18.3 Å². The van der Waals surface area contributed by atoms with Crippen LogP contribution < -0.4 is 5.73 Å². The van der Waals surface area contributed by atoms with E-state index in [1.165, 1.54) is 12.1 Å². The van der Waals surface area contributed by atoms with Crippen LogP contribution in [0.4, 0.5) is 8.78 Å². The maximum Gasteiger partial charge on any atom is 0.159 e. The Hall–Kier alpha value is -1.29. The van der Waals surface area contributed by atoms with Crippen LogP contribution in [0.15, 0.2) is 23.2 Å². The zero-order valence-electron chi connectivity index (χ0n) is 11.4. The Kier molecular flexibility index (Phi) is 3.83. The molecule has 2 aliphatic carbocycles. The molecule has 0 saturated heterocycles. The first-order valence-corrected chi connectivity index (χ1v) is 7.37. The lowest BCUT2D eigenvalue weighted by atomic mass is 9.92. The Labute approximate surface area is 118 Å². The van der Waals surface area contributed by atoms with Gasteiger partial charge in [0.15, 0.2) is 11.6 Å². The van der Waals surface area contributed by atoms with Crippen LogP contribution in [0.25, 0.3) is 0 Å². The summed E-state index contributed by atoms with van der Waals surface area (Å²) in [5.74, 6) is -0.848. The molecule has 2 atom stereocenters. The van der Waals surface area contributed by atoms with Crippen LogP contribution in [0.1, 0.15) is 43.6 Å². The van der Waals surface area contributed by atoms with Gasteiger partial charge in [0.05, 0.1) is 0 Å². The number of benzene rings is 1. The summed E-state index contributed by atoms with van der Waals surface area (Å²) >= 11 is 0. The van der Waals surface area contributed by atoms with Gasteiger partial charge in [-0.2, -0.15) is 0 Å². The molecule has 108 valence electrons. The van der Waals surface area contributed by atoms with Crippen molar-refractivity contribution in [1.29, 1.82) is 0 Å². The quantitative estimate of drug-likeness (QED) is 0.845. The van der Waals surface area contributed by atoms with Gasteiger partial charge in [0.1, 0.15) is 0 Å². The van der Waals surface area contributed by atoms with Crippen molar-refractivity contribution in [3.05, 3.63) is 35.4 Å². The van der Waals surface area contributed by atoms with Crippen LogP contribution in [-0.2, 0) is 0 Å². The highest BCUT2D eigenvalue weighted by Gasteiger charge is 2.37. The van der Waals surface area contributed by atoms with Crippen molar-refractivity contribution in [2.75, 3.05) is 0 Å². The van der Waals surface area contributed by atoms with Crippen LogP contribution in [0.2, 0.25) is 0 Å². The molecule has 2 N–H and O–H groups in total. The molecule has 1 unspecified atom stereocenters. The van der Waals surface area contributed by atoms with E-state index in [4.69, 9.17) is 5.73 Å². The summed E-state index contributed by atoms with van der Waals surface area (Å²) in [6, 6.07) is 4.95. The van der Waals surface area contributed by atoms with Gasteiger partial charge in [-0.05, 0) is 55.7 Å². The smallest absolute Gasteiger partial charge is 0.159 e. The van der Waals surface area contributed by atoms with Crippen molar-refractivity contribution in [2.24, 2.45) is 16.6 Å². The molecule has 0 amide bonds. The van der Waals surface area contributed by atoms with E-state index < -0.39 is 11.6 Å². The van der Waals surface area contributed by atoms with E-state index in [1.807, 2.05) is 6.21 Å². The molecule has 4 heteroatoms. The highest BCUT2D eigenvalue weighted by atomic mass is 19.2. The largest absolute Gasteiger partial charge is 0.328 e. The molecular weight excluding hydrogens is 258 g/mol. The summed E-state index contributed by atoms with van der Waals surface area (Å²) in [5.41, 5.74) is 6.75. The normalized spacial score (nSPS) is 33.5. The zero-order chi connectivity index (χ0) is 14.1. The fraction of sp³-hybridized carbons (Fsp3) is 0.562. The van der Waals surface area contributed by atoms with E-state index in [2.05, 4.69) is 4.99 Å². The van der Waals surface area contributed by atoms with E-state index in [9.17, 15) is 8.78 Å². The molecule has 0 aliphatic heterocycles. The molecule has 0 aromatic heterocycles. The van der Waals surface area contributed by atoms with E-state index in [0.717, 1.165) is 37.7 Å². The second-order valence-corrected chi connectivity index (χ2v) is 6.05. The molecule has 2 nitrogen and oxygen atoms in total. The number of nitrogens with two attached hydrogens (primary N) is 1. The van der Waals surface area contributed by atoms with Crippen molar-refractivity contribution in [1.82, 2.24) is 0 Å². The predicted molar refractivity (Wildman–Crippen MR) is 75.9 cm³/mol. The maximum atomic E-state index is 13.2. The topological polar surface area (TPSA) is 38.4 Å². The summed E-state index contributed by atoms with van der Waals surface area (Å²) < 4.78 is 26.1. The number of hydrogen-bond donors (Lipinski definition) is 1. The molecule has 2 saturated carbocycles. The third-order valence-corrected chi connectivity index (χ3v) is 4.44. The minimum absolute atomic E-state index is 0.305. The first kappa shape index (κ1) is 13.7. The molecule has 3 rings (SSSR count). The number of rotatable bonds is 3. The van der Waals surface area contributed by atoms with Gasteiger partial charge >= 0.3 is 0 Å². The van der Waals surface area contributed by atoms with Gasteiger partial charge in [-0.15, -0.1) is 0 Å². The average molecular weight is 278 g/mol. The van der Waals surface area contributed by atoms with E-state index in [-0.39, 0.29) is 0 Å². The van der Waals surface area contributed by atoms with Crippen LogP contribution >= 0.6 is 0 Å². The number of hydrogen-bond acceptors (Lipinski definition) is 2. The molecule has 0 spiro atoms. The number of halogens is 2. The first-order chi connectivity index (χ1) is 9.63.